The minimum absolute atomic E-state index is 0.410. The van der Waals surface area contributed by atoms with Crippen molar-refractivity contribution in [3.8, 4) is 0 Å². The second-order valence-electron chi connectivity index (χ2n) is 3.54. The summed E-state index contributed by atoms with van der Waals surface area (Å²) < 4.78 is 0. The Morgan fingerprint density at radius 1 is 1.64 bits per heavy atom. The summed E-state index contributed by atoms with van der Waals surface area (Å²) in [6, 6.07) is 0. The first-order valence-corrected chi connectivity index (χ1v) is 4.46. The van der Waals surface area contributed by atoms with Crippen molar-refractivity contribution in [3.63, 3.8) is 0 Å². The number of ketones is 1. The van der Waals surface area contributed by atoms with E-state index in [0.29, 0.717) is 12.3 Å². The maximum absolute atomic E-state index is 10.9. The molecule has 0 aromatic carbocycles. The van der Waals surface area contributed by atoms with Gasteiger partial charge in [-0.1, -0.05) is 20.3 Å². The van der Waals surface area contributed by atoms with Gasteiger partial charge in [-0.25, -0.2) is 0 Å². The molecule has 1 fully saturated rings. The van der Waals surface area contributed by atoms with Crippen LogP contribution in [0.25, 0.3) is 0 Å². The largest absolute Gasteiger partial charge is 0.298 e. The first-order chi connectivity index (χ1) is 5.22. The number of hydrogen-bond donors (Lipinski definition) is 0. The highest BCUT2D eigenvalue weighted by Crippen LogP contribution is 2.09. The number of hydrogen-bond acceptors (Lipinski definition) is 2. The van der Waals surface area contributed by atoms with Crippen molar-refractivity contribution < 1.29 is 4.79 Å². The molecule has 1 saturated heterocycles. The summed E-state index contributed by atoms with van der Waals surface area (Å²) in [5.41, 5.74) is 0. The number of carbonyl (C=O) groups excluding carboxylic acids is 1. The number of nitrogens with zero attached hydrogens (tertiary/aromatic N) is 1. The van der Waals surface area contributed by atoms with E-state index in [1.165, 1.54) is 6.42 Å². The van der Waals surface area contributed by atoms with Crippen molar-refractivity contribution >= 4 is 5.78 Å². The smallest absolute Gasteiger partial charge is 0.148 e. The summed E-state index contributed by atoms with van der Waals surface area (Å²) in [5, 5.41) is 0. The first-order valence-electron chi connectivity index (χ1n) is 4.46. The van der Waals surface area contributed by atoms with E-state index in [9.17, 15) is 4.79 Å². The average molecular weight is 155 g/mol. The lowest BCUT2D eigenvalue weighted by Gasteiger charge is -2.17. The third-order valence-electron chi connectivity index (χ3n) is 2.37. The van der Waals surface area contributed by atoms with Crippen molar-refractivity contribution in [2.45, 2.75) is 26.7 Å². The van der Waals surface area contributed by atoms with Gasteiger partial charge in [-0.05, 0) is 5.92 Å². The molecule has 0 bridgehead atoms. The lowest BCUT2D eigenvalue weighted by atomic mass is 10.1. The molecule has 0 radical (unpaired) electrons. The molecule has 1 rings (SSSR count). The Labute approximate surface area is 68.6 Å². The fraction of sp³-hybridized carbons (Fsp3) is 0.889. The van der Waals surface area contributed by atoms with Crippen LogP contribution in [0.2, 0.25) is 0 Å². The molecule has 0 amide bonds. The first kappa shape index (κ1) is 8.72. The molecule has 0 N–H and O–H groups in total. The summed E-state index contributed by atoms with van der Waals surface area (Å²) in [5.74, 6) is 1.15. The Kier molecular flexibility index (Phi) is 3.06. The van der Waals surface area contributed by atoms with Crippen LogP contribution in [0.3, 0.4) is 0 Å². The van der Waals surface area contributed by atoms with Gasteiger partial charge in [0.1, 0.15) is 5.78 Å². The van der Waals surface area contributed by atoms with E-state index in [2.05, 4.69) is 18.7 Å². The molecule has 1 aliphatic heterocycles. The van der Waals surface area contributed by atoms with Crippen LogP contribution in [0.15, 0.2) is 0 Å². The Morgan fingerprint density at radius 2 is 2.36 bits per heavy atom. The van der Waals surface area contributed by atoms with Gasteiger partial charge >= 0.3 is 0 Å². The van der Waals surface area contributed by atoms with E-state index in [-0.39, 0.29) is 0 Å². The van der Waals surface area contributed by atoms with Gasteiger partial charge in [-0.3, -0.25) is 9.69 Å². The zero-order valence-electron chi connectivity index (χ0n) is 7.47. The second-order valence-corrected chi connectivity index (χ2v) is 3.54. The minimum atomic E-state index is 0.410. The molecule has 64 valence electrons. The van der Waals surface area contributed by atoms with Gasteiger partial charge in [0.15, 0.2) is 0 Å². The third kappa shape index (κ3) is 2.62. The summed E-state index contributed by atoms with van der Waals surface area (Å²) in [6.07, 6.45) is 1.99. The zero-order valence-corrected chi connectivity index (χ0v) is 7.47. The van der Waals surface area contributed by atoms with Gasteiger partial charge in [0.05, 0.1) is 6.54 Å². The number of likely N-dealkylation sites (tertiary alicyclic amines) is 1. The Bertz CT molecular complexity index is 144. The molecular formula is C9H17NO. The van der Waals surface area contributed by atoms with Crippen LogP contribution in [0.5, 0.6) is 0 Å². The molecule has 2 nitrogen and oxygen atoms in total. The van der Waals surface area contributed by atoms with Crippen LogP contribution < -0.4 is 0 Å². The molecular weight excluding hydrogens is 138 g/mol. The quantitative estimate of drug-likeness (QED) is 0.612. The Balaban J connectivity index is 2.22. The zero-order chi connectivity index (χ0) is 8.27. The van der Waals surface area contributed by atoms with Crippen molar-refractivity contribution in [2.24, 2.45) is 5.92 Å². The molecule has 1 aliphatic rings. The van der Waals surface area contributed by atoms with Crippen molar-refractivity contribution in [1.82, 2.24) is 4.90 Å². The maximum Gasteiger partial charge on any atom is 0.148 e. The van der Waals surface area contributed by atoms with Crippen molar-refractivity contribution in [2.75, 3.05) is 19.6 Å². The van der Waals surface area contributed by atoms with Gasteiger partial charge in [0.2, 0.25) is 0 Å². The van der Waals surface area contributed by atoms with Gasteiger partial charge in [0.25, 0.3) is 0 Å². The van der Waals surface area contributed by atoms with Crippen LogP contribution in [0.4, 0.5) is 0 Å². The standard InChI is InChI=1S/C9H17NO/c1-3-8(2)6-10-5-4-9(11)7-10/h8H,3-7H2,1-2H3. The summed E-state index contributed by atoms with van der Waals surface area (Å²) >= 11 is 0. The van der Waals surface area contributed by atoms with Crippen molar-refractivity contribution in [3.05, 3.63) is 0 Å². The topological polar surface area (TPSA) is 20.3 Å². The molecule has 0 saturated carbocycles. The summed E-state index contributed by atoms with van der Waals surface area (Å²) in [7, 11) is 0. The monoisotopic (exact) mass is 155 g/mol. The third-order valence-corrected chi connectivity index (χ3v) is 2.37. The van der Waals surface area contributed by atoms with Gasteiger partial charge in [-0.15, -0.1) is 0 Å². The molecule has 0 aliphatic carbocycles. The Hall–Kier alpha value is -0.370. The van der Waals surface area contributed by atoms with Gasteiger partial charge < -0.3 is 0 Å². The summed E-state index contributed by atoms with van der Waals surface area (Å²) in [4.78, 5) is 13.1. The Morgan fingerprint density at radius 3 is 2.82 bits per heavy atom. The van der Waals surface area contributed by atoms with Gasteiger partial charge in [0, 0.05) is 19.5 Å². The van der Waals surface area contributed by atoms with Crippen LogP contribution in [-0.2, 0) is 4.79 Å². The average Bonchev–Trinajstić information content (AvgIpc) is 2.35. The molecule has 2 heteroatoms. The molecule has 0 aromatic rings. The van der Waals surface area contributed by atoms with Crippen LogP contribution in [-0.4, -0.2) is 30.3 Å². The van der Waals surface area contributed by atoms with Gasteiger partial charge in [-0.2, -0.15) is 0 Å². The maximum atomic E-state index is 10.9. The number of rotatable bonds is 3. The summed E-state index contributed by atoms with van der Waals surface area (Å²) in [6.45, 7) is 7.22. The number of Topliss-reactive ketones (excluding diaryl/α,β-unsaturated/α-hetero) is 1. The highest BCUT2D eigenvalue weighted by molar-refractivity contribution is 5.82. The minimum Gasteiger partial charge on any atom is -0.298 e. The van der Waals surface area contributed by atoms with E-state index in [4.69, 9.17) is 0 Å². The molecule has 1 unspecified atom stereocenters. The van der Waals surface area contributed by atoms with Crippen LogP contribution >= 0.6 is 0 Å². The van der Waals surface area contributed by atoms with E-state index in [1.807, 2.05) is 0 Å². The highest BCUT2D eigenvalue weighted by Gasteiger charge is 2.19. The SMILES string of the molecule is CCC(C)CN1CCC(=O)C1. The molecule has 0 aromatic heterocycles. The van der Waals surface area contributed by atoms with E-state index < -0.39 is 0 Å². The fourth-order valence-electron chi connectivity index (χ4n) is 1.42. The molecule has 1 heterocycles. The van der Waals surface area contributed by atoms with E-state index in [0.717, 1.165) is 25.4 Å². The predicted molar refractivity (Wildman–Crippen MR) is 45.5 cm³/mol. The normalized spacial score (nSPS) is 22.5. The van der Waals surface area contributed by atoms with Crippen molar-refractivity contribution in [1.29, 1.82) is 0 Å². The van der Waals surface area contributed by atoms with E-state index in [1.54, 1.807) is 0 Å². The predicted octanol–water partition coefficient (Wildman–Crippen LogP) is 1.31. The highest BCUT2D eigenvalue weighted by atomic mass is 16.1. The van der Waals surface area contributed by atoms with Crippen LogP contribution in [0.1, 0.15) is 26.7 Å². The number of carbonyl (C=O) groups is 1. The molecule has 1 atom stereocenters. The van der Waals surface area contributed by atoms with E-state index >= 15 is 0 Å². The fourth-order valence-corrected chi connectivity index (χ4v) is 1.42. The molecule has 0 spiro atoms. The lowest BCUT2D eigenvalue weighted by molar-refractivity contribution is -0.116. The second kappa shape index (κ2) is 3.86. The van der Waals surface area contributed by atoms with Crippen LogP contribution in [0, 0.1) is 5.92 Å². The molecule has 11 heavy (non-hydrogen) atoms. The lowest BCUT2D eigenvalue weighted by Crippen LogP contribution is -2.26.